The summed E-state index contributed by atoms with van der Waals surface area (Å²) in [6, 6.07) is 6.91. The second kappa shape index (κ2) is 3.16. The summed E-state index contributed by atoms with van der Waals surface area (Å²) in [5, 5.41) is 4.48. The molecule has 74 valence electrons. The molecule has 1 aromatic carbocycles. The van der Waals surface area contributed by atoms with Crippen molar-refractivity contribution in [2.24, 2.45) is 5.92 Å². The van der Waals surface area contributed by atoms with Crippen LogP contribution in [0.1, 0.15) is 24.8 Å². The van der Waals surface area contributed by atoms with Gasteiger partial charge in [0.15, 0.2) is 0 Å². The quantitative estimate of drug-likeness (QED) is 0.744. The molecule has 2 aliphatic rings. The first kappa shape index (κ1) is 8.60. The Bertz CT molecular complexity index is 357. The van der Waals surface area contributed by atoms with Crippen molar-refractivity contribution in [1.82, 2.24) is 0 Å². The maximum absolute atomic E-state index is 5.96. The highest BCUT2D eigenvalue weighted by molar-refractivity contribution is 6.30. The van der Waals surface area contributed by atoms with Gasteiger partial charge in [-0.3, -0.25) is 0 Å². The molecule has 0 amide bonds. The van der Waals surface area contributed by atoms with Gasteiger partial charge >= 0.3 is 0 Å². The lowest BCUT2D eigenvalue weighted by molar-refractivity contribution is 0.570. The molecule has 1 aliphatic carbocycles. The lowest BCUT2D eigenvalue weighted by Crippen LogP contribution is -2.27. The molecule has 14 heavy (non-hydrogen) atoms. The minimum absolute atomic E-state index is 0.726. The van der Waals surface area contributed by atoms with E-state index in [-0.39, 0.29) is 0 Å². The predicted molar refractivity (Wildman–Crippen MR) is 59.9 cm³/mol. The number of aryl methyl sites for hydroxylation is 1. The van der Waals surface area contributed by atoms with Crippen LogP contribution in [0.25, 0.3) is 0 Å². The summed E-state index contributed by atoms with van der Waals surface area (Å²) >= 11 is 5.96. The van der Waals surface area contributed by atoms with Crippen molar-refractivity contribution in [3.05, 3.63) is 28.8 Å². The maximum Gasteiger partial charge on any atom is 0.0410 e. The first-order valence-electron chi connectivity index (χ1n) is 5.38. The molecule has 0 bridgehead atoms. The van der Waals surface area contributed by atoms with Gasteiger partial charge in [-0.2, -0.15) is 0 Å². The number of halogens is 1. The molecular formula is C12H14ClN. The minimum atomic E-state index is 0.726. The van der Waals surface area contributed by atoms with E-state index in [1.165, 1.54) is 36.9 Å². The second-order valence-electron chi connectivity index (χ2n) is 4.43. The molecule has 1 nitrogen and oxygen atoms in total. The molecule has 0 aromatic heterocycles. The Hall–Kier alpha value is -0.690. The zero-order valence-electron chi connectivity index (χ0n) is 8.09. The number of hydrogen-bond donors (Lipinski definition) is 1. The number of benzene rings is 1. The summed E-state index contributed by atoms with van der Waals surface area (Å²) in [6.45, 7) is 0. The molecule has 1 heterocycles. The van der Waals surface area contributed by atoms with Crippen molar-refractivity contribution in [2.75, 3.05) is 5.32 Å². The third-order valence-corrected chi connectivity index (χ3v) is 3.56. The van der Waals surface area contributed by atoms with Crippen LogP contribution in [0.5, 0.6) is 0 Å². The Morgan fingerprint density at radius 1 is 1.21 bits per heavy atom. The predicted octanol–water partition coefficient (Wildman–Crippen LogP) is 3.48. The van der Waals surface area contributed by atoms with E-state index < -0.39 is 0 Å². The summed E-state index contributed by atoms with van der Waals surface area (Å²) in [6.07, 6.45) is 5.29. The molecular weight excluding hydrogens is 194 g/mol. The van der Waals surface area contributed by atoms with E-state index in [0.717, 1.165) is 17.0 Å². The molecule has 0 radical (unpaired) electrons. The monoisotopic (exact) mass is 207 g/mol. The Morgan fingerprint density at radius 2 is 2.07 bits per heavy atom. The highest BCUT2D eigenvalue weighted by Crippen LogP contribution is 2.39. The summed E-state index contributed by atoms with van der Waals surface area (Å²) < 4.78 is 0. The highest BCUT2D eigenvalue weighted by Gasteiger charge is 2.33. The maximum atomic E-state index is 5.96. The fraction of sp³-hybridized carbons (Fsp3) is 0.500. The van der Waals surface area contributed by atoms with E-state index >= 15 is 0 Å². The van der Waals surface area contributed by atoms with E-state index in [1.54, 1.807) is 0 Å². The molecule has 1 aromatic rings. The van der Waals surface area contributed by atoms with Gasteiger partial charge < -0.3 is 5.32 Å². The van der Waals surface area contributed by atoms with Gasteiger partial charge in [0, 0.05) is 16.8 Å². The van der Waals surface area contributed by atoms with Crippen LogP contribution in [0.2, 0.25) is 5.02 Å². The molecule has 0 saturated heterocycles. The molecule has 3 rings (SSSR count). The fourth-order valence-electron chi connectivity index (χ4n) is 2.34. The molecule has 1 unspecified atom stereocenters. The van der Waals surface area contributed by atoms with E-state index in [2.05, 4.69) is 17.4 Å². The lowest BCUT2D eigenvalue weighted by atomic mass is 9.95. The molecule has 1 atom stereocenters. The molecule has 0 spiro atoms. The second-order valence-corrected chi connectivity index (χ2v) is 4.86. The van der Waals surface area contributed by atoms with Gasteiger partial charge in [0.05, 0.1) is 0 Å². The fourth-order valence-corrected chi connectivity index (χ4v) is 2.54. The Kier molecular flexibility index (Phi) is 1.94. The third-order valence-electron chi connectivity index (χ3n) is 3.32. The average Bonchev–Trinajstić information content (AvgIpc) is 3.00. The summed E-state index contributed by atoms with van der Waals surface area (Å²) in [5.41, 5.74) is 2.69. The Labute approximate surface area is 89.5 Å². The number of anilines is 1. The van der Waals surface area contributed by atoms with Gasteiger partial charge in [0.2, 0.25) is 0 Å². The zero-order valence-corrected chi connectivity index (χ0v) is 8.85. The van der Waals surface area contributed by atoms with Gasteiger partial charge in [-0.25, -0.2) is 0 Å². The van der Waals surface area contributed by atoms with Crippen LogP contribution in [0, 0.1) is 5.92 Å². The van der Waals surface area contributed by atoms with Crippen molar-refractivity contribution in [3.8, 4) is 0 Å². The summed E-state index contributed by atoms with van der Waals surface area (Å²) in [7, 11) is 0. The smallest absolute Gasteiger partial charge is 0.0410 e. The number of nitrogens with one attached hydrogen (secondary N) is 1. The molecule has 2 heteroatoms. The standard InChI is InChI=1S/C12H14ClN/c13-10-4-6-12-9(7-10)3-5-11(14-12)8-1-2-8/h4,6-8,11,14H,1-3,5H2. The van der Waals surface area contributed by atoms with Crippen LogP contribution in [0.4, 0.5) is 5.69 Å². The lowest BCUT2D eigenvalue weighted by Gasteiger charge is -2.27. The normalized spacial score (nSPS) is 25.4. The van der Waals surface area contributed by atoms with E-state index in [1.807, 2.05) is 6.07 Å². The van der Waals surface area contributed by atoms with Crippen molar-refractivity contribution in [3.63, 3.8) is 0 Å². The van der Waals surface area contributed by atoms with E-state index in [9.17, 15) is 0 Å². The average molecular weight is 208 g/mol. The van der Waals surface area contributed by atoms with Gasteiger partial charge in [-0.1, -0.05) is 11.6 Å². The van der Waals surface area contributed by atoms with Crippen molar-refractivity contribution in [1.29, 1.82) is 0 Å². The van der Waals surface area contributed by atoms with Crippen LogP contribution in [0.15, 0.2) is 18.2 Å². The largest absolute Gasteiger partial charge is 0.382 e. The van der Waals surface area contributed by atoms with Crippen LogP contribution < -0.4 is 5.32 Å². The third kappa shape index (κ3) is 1.50. The number of fused-ring (bicyclic) bond motifs is 1. The van der Waals surface area contributed by atoms with Gasteiger partial charge in [-0.15, -0.1) is 0 Å². The number of hydrogen-bond acceptors (Lipinski definition) is 1. The Balaban J connectivity index is 1.86. The summed E-state index contributed by atoms with van der Waals surface area (Å²) in [5.74, 6) is 0.943. The SMILES string of the molecule is Clc1ccc2c(c1)CCC(C1CC1)N2. The number of rotatable bonds is 1. The first-order valence-corrected chi connectivity index (χ1v) is 5.76. The molecule has 1 saturated carbocycles. The van der Waals surface area contributed by atoms with Crippen molar-refractivity contribution < 1.29 is 0 Å². The van der Waals surface area contributed by atoms with Gasteiger partial charge in [0.1, 0.15) is 0 Å². The molecule has 1 aliphatic heterocycles. The van der Waals surface area contributed by atoms with Crippen molar-refractivity contribution in [2.45, 2.75) is 31.7 Å². The van der Waals surface area contributed by atoms with Crippen LogP contribution in [0.3, 0.4) is 0 Å². The minimum Gasteiger partial charge on any atom is -0.382 e. The highest BCUT2D eigenvalue weighted by atomic mass is 35.5. The van der Waals surface area contributed by atoms with Gasteiger partial charge in [0.25, 0.3) is 0 Å². The first-order chi connectivity index (χ1) is 6.83. The Morgan fingerprint density at radius 3 is 2.86 bits per heavy atom. The summed E-state index contributed by atoms with van der Waals surface area (Å²) in [4.78, 5) is 0. The zero-order chi connectivity index (χ0) is 9.54. The van der Waals surface area contributed by atoms with E-state index in [4.69, 9.17) is 11.6 Å². The topological polar surface area (TPSA) is 12.0 Å². The van der Waals surface area contributed by atoms with Crippen molar-refractivity contribution >= 4 is 17.3 Å². The van der Waals surface area contributed by atoms with E-state index in [0.29, 0.717) is 0 Å². The molecule has 1 fully saturated rings. The molecule has 1 N–H and O–H groups in total. The van der Waals surface area contributed by atoms with Gasteiger partial charge in [-0.05, 0) is 55.4 Å². The van der Waals surface area contributed by atoms with Crippen LogP contribution >= 0.6 is 11.6 Å². The van der Waals surface area contributed by atoms with Crippen LogP contribution in [-0.2, 0) is 6.42 Å². The van der Waals surface area contributed by atoms with Crippen LogP contribution in [-0.4, -0.2) is 6.04 Å².